The van der Waals surface area contributed by atoms with Gasteiger partial charge in [-0.15, -0.1) is 0 Å². The number of rotatable bonds is 9. The molecule has 0 heterocycles. The highest BCUT2D eigenvalue weighted by Crippen LogP contribution is 2.25. The van der Waals surface area contributed by atoms with Crippen LogP contribution in [-0.2, 0) is 22.6 Å². The SMILES string of the molecule is CC(C)CNC(=O)C(c1ccccc1)N(Cc1ccccc1)C(=O)Cc1ccc(Cl)cc1. The first kappa shape index (κ1) is 23.6. The molecule has 0 bridgehead atoms. The van der Waals surface area contributed by atoms with E-state index < -0.39 is 6.04 Å². The van der Waals surface area contributed by atoms with E-state index in [0.717, 1.165) is 16.7 Å². The lowest BCUT2D eigenvalue weighted by molar-refractivity contribution is -0.141. The maximum Gasteiger partial charge on any atom is 0.247 e. The molecule has 0 aliphatic rings. The van der Waals surface area contributed by atoms with Gasteiger partial charge in [-0.1, -0.05) is 98.2 Å². The summed E-state index contributed by atoms with van der Waals surface area (Å²) in [6.45, 7) is 4.98. The van der Waals surface area contributed by atoms with Crippen molar-refractivity contribution >= 4 is 23.4 Å². The molecule has 3 aromatic rings. The Morgan fingerprint density at radius 1 is 0.844 bits per heavy atom. The lowest BCUT2D eigenvalue weighted by Gasteiger charge is -2.32. The van der Waals surface area contributed by atoms with Crippen molar-refractivity contribution < 1.29 is 9.59 Å². The fourth-order valence-electron chi connectivity index (χ4n) is 3.49. The number of nitrogens with zero attached hydrogens (tertiary/aromatic N) is 1. The van der Waals surface area contributed by atoms with Gasteiger partial charge in [-0.3, -0.25) is 9.59 Å². The Kier molecular flexibility index (Phi) is 8.46. The number of carbonyl (C=O) groups is 2. The predicted octanol–water partition coefficient (Wildman–Crippen LogP) is 5.42. The molecule has 0 saturated carbocycles. The molecule has 0 fully saturated rings. The van der Waals surface area contributed by atoms with Crippen LogP contribution in [0.5, 0.6) is 0 Å². The summed E-state index contributed by atoms with van der Waals surface area (Å²) in [5.74, 6) is 0.0118. The minimum atomic E-state index is -0.727. The van der Waals surface area contributed by atoms with Crippen LogP contribution in [0.2, 0.25) is 5.02 Å². The Morgan fingerprint density at radius 2 is 1.44 bits per heavy atom. The van der Waals surface area contributed by atoms with Gasteiger partial charge in [0.25, 0.3) is 0 Å². The summed E-state index contributed by atoms with van der Waals surface area (Å²) < 4.78 is 0. The minimum absolute atomic E-state index is 0.121. The van der Waals surface area contributed by atoms with Crippen molar-refractivity contribution in [3.8, 4) is 0 Å². The molecule has 0 aromatic heterocycles. The van der Waals surface area contributed by atoms with Crippen molar-refractivity contribution in [2.24, 2.45) is 5.92 Å². The van der Waals surface area contributed by atoms with Gasteiger partial charge in [-0.2, -0.15) is 0 Å². The average Bonchev–Trinajstić information content (AvgIpc) is 2.80. The number of benzene rings is 3. The number of amides is 2. The molecule has 0 aliphatic heterocycles. The molecule has 2 amide bonds. The van der Waals surface area contributed by atoms with Gasteiger partial charge in [-0.25, -0.2) is 0 Å². The molecule has 0 aliphatic carbocycles. The molecule has 0 saturated heterocycles. The monoisotopic (exact) mass is 448 g/mol. The lowest BCUT2D eigenvalue weighted by Crippen LogP contribution is -2.44. The van der Waals surface area contributed by atoms with Crippen LogP contribution >= 0.6 is 11.6 Å². The van der Waals surface area contributed by atoms with E-state index in [4.69, 9.17) is 11.6 Å². The summed E-state index contributed by atoms with van der Waals surface area (Å²) in [4.78, 5) is 28.6. The molecule has 1 atom stereocenters. The topological polar surface area (TPSA) is 49.4 Å². The maximum atomic E-state index is 13.6. The summed E-state index contributed by atoms with van der Waals surface area (Å²) >= 11 is 6.00. The second kappa shape index (κ2) is 11.5. The fourth-order valence-corrected chi connectivity index (χ4v) is 3.62. The number of halogens is 1. The van der Waals surface area contributed by atoms with E-state index in [9.17, 15) is 9.59 Å². The van der Waals surface area contributed by atoms with Crippen LogP contribution < -0.4 is 5.32 Å². The Hall–Kier alpha value is -3.11. The molecule has 3 rings (SSSR count). The van der Waals surface area contributed by atoms with E-state index in [-0.39, 0.29) is 18.2 Å². The zero-order chi connectivity index (χ0) is 22.9. The van der Waals surface area contributed by atoms with Crippen LogP contribution in [0.25, 0.3) is 0 Å². The molecule has 0 radical (unpaired) electrons. The van der Waals surface area contributed by atoms with Crippen molar-refractivity contribution in [3.63, 3.8) is 0 Å². The first-order chi connectivity index (χ1) is 15.4. The van der Waals surface area contributed by atoms with Gasteiger partial charge < -0.3 is 10.2 Å². The van der Waals surface area contributed by atoms with Crippen LogP contribution in [-0.4, -0.2) is 23.3 Å². The van der Waals surface area contributed by atoms with E-state index in [1.807, 2.05) is 86.6 Å². The Balaban J connectivity index is 1.96. The van der Waals surface area contributed by atoms with Gasteiger partial charge in [0.1, 0.15) is 6.04 Å². The van der Waals surface area contributed by atoms with Gasteiger partial charge in [0.15, 0.2) is 0 Å². The standard InChI is InChI=1S/C27H29ClN2O2/c1-20(2)18-29-27(32)26(23-11-7-4-8-12-23)30(19-22-9-5-3-6-10-22)25(31)17-21-13-15-24(28)16-14-21/h3-16,20,26H,17-19H2,1-2H3,(H,29,32). The van der Waals surface area contributed by atoms with Crippen molar-refractivity contribution in [3.05, 3.63) is 107 Å². The first-order valence-electron chi connectivity index (χ1n) is 10.8. The molecule has 32 heavy (non-hydrogen) atoms. The van der Waals surface area contributed by atoms with Gasteiger partial charge in [-0.05, 0) is 34.7 Å². The second-order valence-corrected chi connectivity index (χ2v) is 8.70. The summed E-state index contributed by atoms with van der Waals surface area (Å²) in [5, 5.41) is 3.65. The lowest BCUT2D eigenvalue weighted by atomic mass is 10.0. The number of nitrogens with one attached hydrogen (secondary N) is 1. The average molecular weight is 449 g/mol. The number of hydrogen-bond acceptors (Lipinski definition) is 2. The van der Waals surface area contributed by atoms with E-state index >= 15 is 0 Å². The molecule has 3 aromatic carbocycles. The van der Waals surface area contributed by atoms with E-state index in [2.05, 4.69) is 5.32 Å². The van der Waals surface area contributed by atoms with Gasteiger partial charge in [0.2, 0.25) is 11.8 Å². The number of hydrogen-bond donors (Lipinski definition) is 1. The highest BCUT2D eigenvalue weighted by atomic mass is 35.5. The zero-order valence-corrected chi connectivity index (χ0v) is 19.3. The van der Waals surface area contributed by atoms with Gasteiger partial charge >= 0.3 is 0 Å². The molecular weight excluding hydrogens is 420 g/mol. The van der Waals surface area contributed by atoms with Crippen molar-refractivity contribution in [2.45, 2.75) is 32.9 Å². The predicted molar refractivity (Wildman–Crippen MR) is 129 cm³/mol. The molecule has 4 nitrogen and oxygen atoms in total. The van der Waals surface area contributed by atoms with Crippen molar-refractivity contribution in [1.82, 2.24) is 10.2 Å². The summed E-state index contributed by atoms with van der Waals surface area (Å²) in [6.07, 6.45) is 0.185. The van der Waals surface area contributed by atoms with Crippen LogP contribution in [0.15, 0.2) is 84.9 Å². The third kappa shape index (κ3) is 6.69. The highest BCUT2D eigenvalue weighted by Gasteiger charge is 2.31. The van der Waals surface area contributed by atoms with Gasteiger partial charge in [0.05, 0.1) is 6.42 Å². The second-order valence-electron chi connectivity index (χ2n) is 8.26. The first-order valence-corrected chi connectivity index (χ1v) is 11.2. The normalized spacial score (nSPS) is 11.8. The Morgan fingerprint density at radius 3 is 2.03 bits per heavy atom. The van der Waals surface area contributed by atoms with Crippen molar-refractivity contribution in [1.29, 1.82) is 0 Å². The van der Waals surface area contributed by atoms with Crippen LogP contribution in [0.3, 0.4) is 0 Å². The van der Waals surface area contributed by atoms with E-state index in [0.29, 0.717) is 24.0 Å². The van der Waals surface area contributed by atoms with Crippen molar-refractivity contribution in [2.75, 3.05) is 6.54 Å². The quantitative estimate of drug-likeness (QED) is 0.474. The smallest absolute Gasteiger partial charge is 0.247 e. The molecular formula is C27H29ClN2O2. The van der Waals surface area contributed by atoms with E-state index in [1.54, 1.807) is 17.0 Å². The third-order valence-electron chi connectivity index (χ3n) is 5.14. The summed E-state index contributed by atoms with van der Waals surface area (Å²) in [6, 6.07) is 25.7. The molecule has 5 heteroatoms. The number of carbonyl (C=O) groups excluding carboxylic acids is 2. The largest absolute Gasteiger partial charge is 0.354 e. The summed E-state index contributed by atoms with van der Waals surface area (Å²) in [5.41, 5.74) is 2.61. The fraction of sp³-hybridized carbons (Fsp3) is 0.259. The minimum Gasteiger partial charge on any atom is -0.354 e. The van der Waals surface area contributed by atoms with Crippen LogP contribution in [0, 0.1) is 5.92 Å². The van der Waals surface area contributed by atoms with Gasteiger partial charge in [0, 0.05) is 18.1 Å². The molecule has 1 unspecified atom stereocenters. The molecule has 1 N–H and O–H groups in total. The zero-order valence-electron chi connectivity index (χ0n) is 18.5. The highest BCUT2D eigenvalue weighted by molar-refractivity contribution is 6.30. The van der Waals surface area contributed by atoms with Crippen LogP contribution in [0.4, 0.5) is 0 Å². The molecule has 166 valence electrons. The third-order valence-corrected chi connectivity index (χ3v) is 5.40. The maximum absolute atomic E-state index is 13.6. The summed E-state index contributed by atoms with van der Waals surface area (Å²) in [7, 11) is 0. The Bertz CT molecular complexity index is 1000. The molecule has 0 spiro atoms. The van der Waals surface area contributed by atoms with E-state index in [1.165, 1.54) is 0 Å². The van der Waals surface area contributed by atoms with Crippen LogP contribution in [0.1, 0.15) is 36.6 Å². The Labute approximate surface area is 195 Å².